The van der Waals surface area contributed by atoms with Crippen molar-refractivity contribution >= 4 is 11.9 Å². The van der Waals surface area contributed by atoms with E-state index in [0.29, 0.717) is 30.5 Å². The number of aromatic nitrogens is 2. The summed E-state index contributed by atoms with van der Waals surface area (Å²) in [6.07, 6.45) is 4.56. The molecular formula is C25H33N5O. The minimum absolute atomic E-state index is 0.309. The third-order valence-corrected chi connectivity index (χ3v) is 7.25. The molecule has 1 aromatic carbocycles. The molecule has 4 aliphatic heterocycles. The third kappa shape index (κ3) is 4.45. The van der Waals surface area contributed by atoms with Crippen molar-refractivity contribution in [1.82, 2.24) is 19.8 Å². The molecule has 0 saturated carbocycles. The number of benzene rings is 1. The molecule has 6 heteroatoms. The molecule has 2 bridgehead atoms. The van der Waals surface area contributed by atoms with Crippen molar-refractivity contribution in [1.29, 1.82) is 0 Å². The van der Waals surface area contributed by atoms with E-state index in [1.165, 1.54) is 12.0 Å². The molecule has 5 heterocycles. The molecule has 0 N–H and O–H groups in total. The second-order valence-electron chi connectivity index (χ2n) is 9.59. The van der Waals surface area contributed by atoms with Gasteiger partial charge < -0.3 is 9.80 Å². The number of fused-ring (bicyclic) bond motifs is 2. The molecule has 2 atom stereocenters. The Hall–Kier alpha value is -2.47. The van der Waals surface area contributed by atoms with Gasteiger partial charge in [0.2, 0.25) is 11.9 Å². The number of likely N-dealkylation sites (tertiary alicyclic amines) is 1. The third-order valence-electron chi connectivity index (χ3n) is 7.25. The van der Waals surface area contributed by atoms with Crippen molar-refractivity contribution < 1.29 is 4.79 Å². The number of piperidine rings is 2. The Balaban J connectivity index is 1.11. The van der Waals surface area contributed by atoms with Crippen LogP contribution in [0.2, 0.25) is 0 Å². The van der Waals surface area contributed by atoms with Crippen LogP contribution in [-0.4, -0.2) is 70.5 Å². The summed E-state index contributed by atoms with van der Waals surface area (Å²) in [6, 6.07) is 13.6. The highest BCUT2D eigenvalue weighted by atomic mass is 16.2. The lowest BCUT2D eigenvalue weighted by Crippen LogP contribution is -2.70. The van der Waals surface area contributed by atoms with Crippen LogP contribution in [0.5, 0.6) is 0 Å². The van der Waals surface area contributed by atoms with E-state index in [2.05, 4.69) is 55.0 Å². The first-order chi connectivity index (χ1) is 15.0. The van der Waals surface area contributed by atoms with Gasteiger partial charge in [0.1, 0.15) is 0 Å². The maximum Gasteiger partial charge on any atom is 0.236 e. The topological polar surface area (TPSA) is 52.6 Å². The largest absolute Gasteiger partial charge is 0.342 e. The minimum atomic E-state index is 0.309. The number of aryl methyl sites for hydroxylation is 2. The highest BCUT2D eigenvalue weighted by Crippen LogP contribution is 2.34. The van der Waals surface area contributed by atoms with Gasteiger partial charge in [-0.3, -0.25) is 9.69 Å². The quantitative estimate of drug-likeness (QED) is 0.746. The Bertz CT molecular complexity index is 893. The Labute approximate surface area is 185 Å². The molecule has 0 spiro atoms. The van der Waals surface area contributed by atoms with Gasteiger partial charge in [0.15, 0.2) is 0 Å². The van der Waals surface area contributed by atoms with Crippen LogP contribution < -0.4 is 4.90 Å². The molecule has 6 rings (SSSR count). The fourth-order valence-electron chi connectivity index (χ4n) is 5.55. The molecule has 1 amide bonds. The molecule has 4 fully saturated rings. The van der Waals surface area contributed by atoms with Crippen molar-refractivity contribution in [2.45, 2.75) is 51.6 Å². The zero-order valence-corrected chi connectivity index (χ0v) is 18.7. The van der Waals surface area contributed by atoms with Crippen LogP contribution in [0.15, 0.2) is 36.4 Å². The average Bonchev–Trinajstić information content (AvgIpc) is 2.78. The number of nitrogens with zero attached hydrogens (tertiary/aromatic N) is 5. The number of piperazine rings is 1. The van der Waals surface area contributed by atoms with E-state index >= 15 is 0 Å². The van der Waals surface area contributed by atoms with Crippen LogP contribution >= 0.6 is 0 Å². The number of hydrogen-bond donors (Lipinski definition) is 0. The van der Waals surface area contributed by atoms with Gasteiger partial charge in [0.05, 0.1) is 6.54 Å². The fourth-order valence-corrected chi connectivity index (χ4v) is 5.55. The first kappa shape index (κ1) is 20.4. The van der Waals surface area contributed by atoms with Crippen LogP contribution in [0, 0.1) is 19.8 Å². The smallest absolute Gasteiger partial charge is 0.236 e. The standard InChI is InChI=1S/C25H33N5O/c1-18-12-19(2)27-25(26-18)29-15-22-14-23(16-29)30(22)17-24(31)28-10-8-21(9-11-28)13-20-6-4-3-5-7-20/h3-7,12,21-23H,8-11,13-17H2,1-2H3. The summed E-state index contributed by atoms with van der Waals surface area (Å²) in [5.74, 6) is 1.85. The number of hydrogen-bond acceptors (Lipinski definition) is 5. The first-order valence-corrected chi connectivity index (χ1v) is 11.7. The van der Waals surface area contributed by atoms with E-state index in [-0.39, 0.29) is 0 Å². The normalized spacial score (nSPS) is 24.2. The Morgan fingerprint density at radius 1 is 1.00 bits per heavy atom. The van der Waals surface area contributed by atoms with Crippen molar-refractivity contribution in [3.8, 4) is 0 Å². The number of amides is 1. The highest BCUT2D eigenvalue weighted by molar-refractivity contribution is 5.78. The number of anilines is 1. The second kappa shape index (κ2) is 8.58. The molecule has 0 aliphatic carbocycles. The summed E-state index contributed by atoms with van der Waals surface area (Å²) in [6.45, 7) is 8.27. The second-order valence-corrected chi connectivity index (χ2v) is 9.59. The predicted octanol–water partition coefficient (Wildman–Crippen LogP) is 2.84. The molecule has 0 radical (unpaired) electrons. The monoisotopic (exact) mass is 419 g/mol. The fraction of sp³-hybridized carbons (Fsp3) is 0.560. The number of rotatable bonds is 5. The summed E-state index contributed by atoms with van der Waals surface area (Å²) in [7, 11) is 0. The molecule has 2 unspecified atom stereocenters. The van der Waals surface area contributed by atoms with Gasteiger partial charge in [-0.1, -0.05) is 30.3 Å². The number of carbonyl (C=O) groups is 1. The van der Waals surface area contributed by atoms with Crippen LogP contribution in [0.4, 0.5) is 5.95 Å². The van der Waals surface area contributed by atoms with Crippen LogP contribution in [0.1, 0.15) is 36.2 Å². The zero-order chi connectivity index (χ0) is 21.4. The molecule has 164 valence electrons. The van der Waals surface area contributed by atoms with Crippen LogP contribution in [-0.2, 0) is 11.2 Å². The summed E-state index contributed by atoms with van der Waals surface area (Å²) >= 11 is 0. The zero-order valence-electron chi connectivity index (χ0n) is 18.7. The molecule has 31 heavy (non-hydrogen) atoms. The van der Waals surface area contributed by atoms with E-state index in [0.717, 1.165) is 62.8 Å². The summed E-state index contributed by atoms with van der Waals surface area (Å²) < 4.78 is 0. The lowest BCUT2D eigenvalue weighted by molar-refractivity contribution is -0.138. The highest BCUT2D eigenvalue weighted by Gasteiger charge is 2.46. The average molecular weight is 420 g/mol. The molecular weight excluding hydrogens is 386 g/mol. The van der Waals surface area contributed by atoms with Gasteiger partial charge in [0.25, 0.3) is 0 Å². The van der Waals surface area contributed by atoms with E-state index < -0.39 is 0 Å². The molecule has 4 aliphatic rings. The SMILES string of the molecule is Cc1cc(C)nc(N2CC3CC(C2)N3CC(=O)N2CCC(Cc3ccccc3)CC2)n1. The predicted molar refractivity (Wildman–Crippen MR) is 122 cm³/mol. The summed E-state index contributed by atoms with van der Waals surface area (Å²) in [5, 5.41) is 0. The van der Waals surface area contributed by atoms with Crippen LogP contribution in [0.25, 0.3) is 0 Å². The van der Waals surface area contributed by atoms with Gasteiger partial charge in [-0.05, 0) is 57.1 Å². The van der Waals surface area contributed by atoms with E-state index in [1.807, 2.05) is 19.9 Å². The molecule has 1 aromatic heterocycles. The Kier molecular flexibility index (Phi) is 5.65. The number of carbonyl (C=O) groups excluding carboxylic acids is 1. The van der Waals surface area contributed by atoms with Gasteiger partial charge in [0, 0.05) is 49.7 Å². The Morgan fingerprint density at radius 2 is 1.65 bits per heavy atom. The van der Waals surface area contributed by atoms with Crippen molar-refractivity contribution in [3.63, 3.8) is 0 Å². The van der Waals surface area contributed by atoms with Gasteiger partial charge in [-0.25, -0.2) is 9.97 Å². The lowest BCUT2D eigenvalue weighted by Gasteiger charge is -2.56. The summed E-state index contributed by atoms with van der Waals surface area (Å²) in [4.78, 5) is 29.1. The van der Waals surface area contributed by atoms with Crippen LogP contribution in [0.3, 0.4) is 0 Å². The molecule has 4 saturated heterocycles. The van der Waals surface area contributed by atoms with E-state index in [1.54, 1.807) is 0 Å². The van der Waals surface area contributed by atoms with E-state index in [4.69, 9.17) is 0 Å². The van der Waals surface area contributed by atoms with Crippen molar-refractivity contribution in [2.24, 2.45) is 5.92 Å². The van der Waals surface area contributed by atoms with Gasteiger partial charge in [-0.2, -0.15) is 0 Å². The maximum absolute atomic E-state index is 13.0. The molecule has 2 aromatic rings. The Morgan fingerprint density at radius 3 is 2.29 bits per heavy atom. The maximum atomic E-state index is 13.0. The first-order valence-electron chi connectivity index (χ1n) is 11.7. The summed E-state index contributed by atoms with van der Waals surface area (Å²) in [5.41, 5.74) is 3.45. The van der Waals surface area contributed by atoms with Crippen molar-refractivity contribution in [2.75, 3.05) is 37.6 Å². The van der Waals surface area contributed by atoms with Gasteiger partial charge >= 0.3 is 0 Å². The van der Waals surface area contributed by atoms with E-state index in [9.17, 15) is 4.79 Å². The van der Waals surface area contributed by atoms with Gasteiger partial charge in [-0.15, -0.1) is 0 Å². The minimum Gasteiger partial charge on any atom is -0.342 e. The molecule has 6 nitrogen and oxygen atoms in total. The lowest BCUT2D eigenvalue weighted by atomic mass is 9.87. The van der Waals surface area contributed by atoms with Crippen molar-refractivity contribution in [3.05, 3.63) is 53.3 Å².